The van der Waals surface area contributed by atoms with Gasteiger partial charge in [-0.3, -0.25) is 9.36 Å². The average molecular weight is 913 g/mol. The molecule has 0 bridgehead atoms. The zero-order valence-corrected chi connectivity index (χ0v) is 43.7. The second-order valence-electron chi connectivity index (χ2n) is 20.3. The van der Waals surface area contributed by atoms with Gasteiger partial charge >= 0.3 is 0 Å². The molecular weight excluding hydrogens is 804 g/mol. The highest BCUT2D eigenvalue weighted by Crippen LogP contribution is 2.38. The van der Waals surface area contributed by atoms with Crippen LogP contribution in [0.1, 0.15) is 277 Å². The summed E-state index contributed by atoms with van der Waals surface area (Å²) in [6.45, 7) is 4.69. The quantitative estimate of drug-likeness (QED) is 0.0272. The Hall–Kier alpha value is -0.760. The fourth-order valence-electron chi connectivity index (χ4n) is 8.39. The molecule has 0 aliphatic rings. The highest BCUT2D eigenvalue weighted by molar-refractivity contribution is 7.45. The molecule has 0 aromatic carbocycles. The summed E-state index contributed by atoms with van der Waals surface area (Å²) in [6.07, 6.45) is 55.6. The van der Waals surface area contributed by atoms with Gasteiger partial charge in [0.05, 0.1) is 39.9 Å². The maximum atomic E-state index is 12.9. The summed E-state index contributed by atoms with van der Waals surface area (Å²) in [5.41, 5.74) is 0. The van der Waals surface area contributed by atoms with Crippen LogP contribution in [0.4, 0.5) is 0 Å². The van der Waals surface area contributed by atoms with Crippen molar-refractivity contribution in [3.05, 3.63) is 12.2 Å². The lowest BCUT2D eigenvalue weighted by Crippen LogP contribution is -2.45. The van der Waals surface area contributed by atoms with Gasteiger partial charge in [0, 0.05) is 6.42 Å². The fourth-order valence-corrected chi connectivity index (χ4v) is 9.11. The number of aliphatic hydroxyl groups is 1. The number of nitrogens with one attached hydrogen (secondary N) is 1. The highest BCUT2D eigenvalue weighted by atomic mass is 31.2. The lowest BCUT2D eigenvalue weighted by atomic mass is 10.0. The number of phosphoric ester groups is 1. The van der Waals surface area contributed by atoms with Crippen LogP contribution in [0, 0.1) is 0 Å². The van der Waals surface area contributed by atoms with Crippen molar-refractivity contribution < 1.29 is 32.9 Å². The van der Waals surface area contributed by atoms with E-state index in [9.17, 15) is 19.4 Å². The summed E-state index contributed by atoms with van der Waals surface area (Å²) in [7, 11) is 1.28. The number of aliphatic hydroxyl groups excluding tert-OH is 1. The van der Waals surface area contributed by atoms with Gasteiger partial charge in [0.1, 0.15) is 13.2 Å². The van der Waals surface area contributed by atoms with Gasteiger partial charge in [0.25, 0.3) is 7.82 Å². The maximum absolute atomic E-state index is 12.9. The number of rotatable bonds is 51. The van der Waals surface area contributed by atoms with Gasteiger partial charge in [-0.05, 0) is 19.3 Å². The maximum Gasteiger partial charge on any atom is 0.268 e. The number of carbonyl (C=O) groups excluding carboxylic acids is 1. The molecule has 0 heterocycles. The van der Waals surface area contributed by atoms with Gasteiger partial charge in [-0.25, -0.2) is 0 Å². The Morgan fingerprint density at radius 1 is 0.540 bits per heavy atom. The SMILES string of the molecule is CCCCCCCCCCCCCCCCCCCCCCC/C=C/C(O)C(COP(=O)([O-])OCC[N+](C)(C)C)NC(=O)CCCCCCCCCCCCCCCCCCCC. The zero-order valence-electron chi connectivity index (χ0n) is 42.8. The van der Waals surface area contributed by atoms with E-state index in [0.29, 0.717) is 17.4 Å². The summed E-state index contributed by atoms with van der Waals surface area (Å²) >= 11 is 0. The first-order valence-electron chi connectivity index (χ1n) is 27.6. The van der Waals surface area contributed by atoms with Crippen molar-refractivity contribution in [1.82, 2.24) is 5.32 Å². The second-order valence-corrected chi connectivity index (χ2v) is 21.7. The molecule has 3 atom stereocenters. The molecule has 0 aromatic rings. The Kier molecular flexibility index (Phi) is 45.8. The molecule has 2 N–H and O–H groups in total. The van der Waals surface area contributed by atoms with E-state index in [1.807, 2.05) is 27.2 Å². The monoisotopic (exact) mass is 913 g/mol. The molecule has 376 valence electrons. The Morgan fingerprint density at radius 3 is 1.19 bits per heavy atom. The topological polar surface area (TPSA) is 108 Å². The molecule has 0 aromatic heterocycles. The van der Waals surface area contributed by atoms with E-state index in [-0.39, 0.29) is 19.1 Å². The Labute approximate surface area is 392 Å². The zero-order chi connectivity index (χ0) is 46.4. The smallest absolute Gasteiger partial charge is 0.268 e. The average Bonchev–Trinajstić information content (AvgIpc) is 3.24. The summed E-state index contributed by atoms with van der Waals surface area (Å²) in [5, 5.41) is 13.9. The first-order chi connectivity index (χ1) is 30.5. The lowest BCUT2D eigenvalue weighted by molar-refractivity contribution is -0.870. The van der Waals surface area contributed by atoms with E-state index < -0.39 is 20.0 Å². The fraction of sp³-hybridized carbons (Fsp3) is 0.944. The first-order valence-corrected chi connectivity index (χ1v) is 29.0. The molecule has 0 saturated heterocycles. The Morgan fingerprint density at radius 2 is 0.857 bits per heavy atom. The molecule has 0 fully saturated rings. The van der Waals surface area contributed by atoms with Gasteiger partial charge in [0.2, 0.25) is 5.91 Å². The van der Waals surface area contributed by atoms with E-state index >= 15 is 0 Å². The van der Waals surface area contributed by atoms with Crippen LogP contribution in [0.5, 0.6) is 0 Å². The van der Waals surface area contributed by atoms with Crippen LogP contribution in [-0.4, -0.2) is 68.5 Å². The Bertz CT molecular complexity index is 1040. The second kappa shape index (κ2) is 46.4. The number of quaternary nitrogens is 1. The molecular formula is C54H109N2O6P. The number of amides is 1. The summed E-state index contributed by atoms with van der Waals surface area (Å²) in [4.78, 5) is 25.4. The molecule has 8 nitrogen and oxygen atoms in total. The molecule has 0 aliphatic carbocycles. The van der Waals surface area contributed by atoms with Crippen LogP contribution >= 0.6 is 7.82 Å². The van der Waals surface area contributed by atoms with Crippen molar-refractivity contribution in [3.63, 3.8) is 0 Å². The predicted molar refractivity (Wildman–Crippen MR) is 270 cm³/mol. The number of carbonyl (C=O) groups is 1. The molecule has 0 spiro atoms. The number of phosphoric acid groups is 1. The van der Waals surface area contributed by atoms with Crippen LogP contribution in [-0.2, 0) is 18.4 Å². The number of hydrogen-bond acceptors (Lipinski definition) is 6. The molecule has 1 amide bonds. The van der Waals surface area contributed by atoms with E-state index in [4.69, 9.17) is 9.05 Å². The van der Waals surface area contributed by atoms with Crippen molar-refractivity contribution in [3.8, 4) is 0 Å². The van der Waals surface area contributed by atoms with Crippen LogP contribution in [0.2, 0.25) is 0 Å². The normalized spacial score (nSPS) is 14.1. The van der Waals surface area contributed by atoms with Crippen molar-refractivity contribution in [2.24, 2.45) is 0 Å². The van der Waals surface area contributed by atoms with Gasteiger partial charge in [-0.2, -0.15) is 0 Å². The third-order valence-corrected chi connectivity index (χ3v) is 13.7. The minimum Gasteiger partial charge on any atom is -0.756 e. The molecule has 0 saturated carbocycles. The Balaban J connectivity index is 4.22. The number of likely N-dealkylation sites (N-methyl/N-ethyl adjacent to an activating group) is 1. The minimum absolute atomic E-state index is 0.00260. The third-order valence-electron chi connectivity index (χ3n) is 12.7. The van der Waals surface area contributed by atoms with Gasteiger partial charge in [0.15, 0.2) is 0 Å². The minimum atomic E-state index is -4.59. The van der Waals surface area contributed by atoms with Crippen molar-refractivity contribution in [2.45, 2.75) is 289 Å². The van der Waals surface area contributed by atoms with Crippen molar-refractivity contribution >= 4 is 13.7 Å². The van der Waals surface area contributed by atoms with Crippen LogP contribution in [0.3, 0.4) is 0 Å². The lowest BCUT2D eigenvalue weighted by Gasteiger charge is -2.29. The van der Waals surface area contributed by atoms with Crippen molar-refractivity contribution in [1.29, 1.82) is 0 Å². The number of allylic oxidation sites excluding steroid dienone is 1. The summed E-state index contributed by atoms with van der Waals surface area (Å²) in [6, 6.07) is -0.881. The number of hydrogen-bond donors (Lipinski definition) is 2. The van der Waals surface area contributed by atoms with Gasteiger partial charge in [-0.1, -0.05) is 264 Å². The number of unbranched alkanes of at least 4 members (excludes halogenated alkanes) is 38. The van der Waals surface area contributed by atoms with Crippen LogP contribution in [0.25, 0.3) is 0 Å². The largest absolute Gasteiger partial charge is 0.756 e. The molecule has 63 heavy (non-hydrogen) atoms. The van der Waals surface area contributed by atoms with Crippen LogP contribution < -0.4 is 10.2 Å². The van der Waals surface area contributed by atoms with E-state index in [1.54, 1.807) is 6.08 Å². The predicted octanol–water partition coefficient (Wildman–Crippen LogP) is 15.6. The first kappa shape index (κ1) is 62.2. The van der Waals surface area contributed by atoms with E-state index in [1.165, 1.54) is 218 Å². The third kappa shape index (κ3) is 49.0. The standard InChI is InChI=1S/C54H109N2O6P/c1-6-8-10-12-14-16-18-20-22-24-26-27-28-29-30-31-33-35-37-39-41-43-45-47-53(57)52(51-62-63(59,60)61-50-49-56(3,4)5)55-54(58)48-46-44-42-40-38-36-34-32-25-23-21-19-17-15-13-11-9-7-2/h45,47,52-53,57H,6-44,46,48-51H2,1-5H3,(H-,55,58,59,60)/b47-45+. The molecule has 0 rings (SSSR count). The summed E-state index contributed by atoms with van der Waals surface area (Å²) in [5.74, 6) is -0.191. The van der Waals surface area contributed by atoms with E-state index in [2.05, 4.69) is 19.2 Å². The van der Waals surface area contributed by atoms with E-state index in [0.717, 1.165) is 38.5 Å². The molecule has 9 heteroatoms. The van der Waals surface area contributed by atoms with Gasteiger partial charge in [-0.15, -0.1) is 0 Å². The van der Waals surface area contributed by atoms with Gasteiger partial charge < -0.3 is 28.8 Å². The van der Waals surface area contributed by atoms with Crippen LogP contribution in [0.15, 0.2) is 12.2 Å². The molecule has 0 radical (unpaired) electrons. The summed E-state index contributed by atoms with van der Waals surface area (Å²) < 4.78 is 23.3. The molecule has 3 unspecified atom stereocenters. The number of nitrogens with zero attached hydrogens (tertiary/aromatic N) is 1. The molecule has 0 aliphatic heterocycles. The van der Waals surface area contributed by atoms with Crippen molar-refractivity contribution in [2.75, 3.05) is 40.9 Å². The highest BCUT2D eigenvalue weighted by Gasteiger charge is 2.23.